The standard InChI is InChI=1S/C16H16N6OS/c1-11-19-20-16(24-11)22-8-6-21(7-9-22)15(23)14-10-17-12-4-2-3-5-13(12)18-14/h2-5,10H,6-9H2,1H3. The summed E-state index contributed by atoms with van der Waals surface area (Å²) in [4.78, 5) is 25.4. The van der Waals surface area contributed by atoms with Crippen LogP contribution < -0.4 is 4.90 Å². The largest absolute Gasteiger partial charge is 0.343 e. The maximum atomic E-state index is 12.7. The zero-order valence-electron chi connectivity index (χ0n) is 13.2. The molecule has 4 rings (SSSR count). The van der Waals surface area contributed by atoms with Crippen LogP contribution >= 0.6 is 11.3 Å². The molecular weight excluding hydrogens is 324 g/mol. The number of fused-ring (bicyclic) bond motifs is 1. The Hall–Kier alpha value is -2.61. The smallest absolute Gasteiger partial charge is 0.274 e. The van der Waals surface area contributed by atoms with Crippen LogP contribution in [0.4, 0.5) is 5.13 Å². The predicted octanol–water partition coefficient (Wildman–Crippen LogP) is 1.75. The first kappa shape index (κ1) is 14.9. The normalized spacial score (nSPS) is 15.0. The molecule has 0 atom stereocenters. The zero-order chi connectivity index (χ0) is 16.5. The van der Waals surface area contributed by atoms with E-state index in [0.29, 0.717) is 18.8 Å². The maximum absolute atomic E-state index is 12.7. The molecule has 7 nitrogen and oxygen atoms in total. The Balaban J connectivity index is 1.47. The van der Waals surface area contributed by atoms with Crippen molar-refractivity contribution in [2.24, 2.45) is 0 Å². The number of aryl methyl sites for hydroxylation is 1. The van der Waals surface area contributed by atoms with Crippen molar-refractivity contribution in [2.75, 3.05) is 31.1 Å². The highest BCUT2D eigenvalue weighted by molar-refractivity contribution is 7.15. The summed E-state index contributed by atoms with van der Waals surface area (Å²) in [6.07, 6.45) is 1.56. The monoisotopic (exact) mass is 340 g/mol. The first-order valence-electron chi connectivity index (χ1n) is 7.77. The van der Waals surface area contributed by atoms with Crippen LogP contribution in [0.3, 0.4) is 0 Å². The van der Waals surface area contributed by atoms with E-state index in [4.69, 9.17) is 0 Å². The number of amides is 1. The van der Waals surface area contributed by atoms with Crippen LogP contribution in [0, 0.1) is 6.92 Å². The van der Waals surface area contributed by atoms with Crippen LogP contribution in [0.15, 0.2) is 30.5 Å². The zero-order valence-corrected chi connectivity index (χ0v) is 14.0. The van der Waals surface area contributed by atoms with Crippen molar-refractivity contribution >= 4 is 33.4 Å². The molecule has 3 heterocycles. The molecule has 122 valence electrons. The fraction of sp³-hybridized carbons (Fsp3) is 0.312. The predicted molar refractivity (Wildman–Crippen MR) is 92.3 cm³/mol. The number of para-hydroxylation sites is 2. The molecule has 0 N–H and O–H groups in total. The number of aromatic nitrogens is 4. The Morgan fingerprint density at radius 3 is 2.54 bits per heavy atom. The van der Waals surface area contributed by atoms with Crippen molar-refractivity contribution in [3.05, 3.63) is 41.2 Å². The summed E-state index contributed by atoms with van der Waals surface area (Å²) < 4.78 is 0. The molecule has 8 heteroatoms. The maximum Gasteiger partial charge on any atom is 0.274 e. The lowest BCUT2D eigenvalue weighted by Gasteiger charge is -2.34. The number of hydrogen-bond acceptors (Lipinski definition) is 7. The summed E-state index contributed by atoms with van der Waals surface area (Å²) in [6, 6.07) is 7.56. The second kappa shape index (κ2) is 6.12. The molecule has 0 unspecified atom stereocenters. The lowest BCUT2D eigenvalue weighted by atomic mass is 10.2. The van der Waals surface area contributed by atoms with E-state index < -0.39 is 0 Å². The van der Waals surface area contributed by atoms with Gasteiger partial charge in [-0.15, -0.1) is 10.2 Å². The first-order valence-corrected chi connectivity index (χ1v) is 8.58. The van der Waals surface area contributed by atoms with Crippen LogP contribution in [-0.4, -0.2) is 57.2 Å². The number of carbonyl (C=O) groups is 1. The van der Waals surface area contributed by atoms with E-state index in [1.165, 1.54) is 0 Å². The van der Waals surface area contributed by atoms with Crippen molar-refractivity contribution < 1.29 is 4.79 Å². The van der Waals surface area contributed by atoms with Gasteiger partial charge in [0.25, 0.3) is 5.91 Å². The van der Waals surface area contributed by atoms with Crippen LogP contribution in [0.5, 0.6) is 0 Å². The van der Waals surface area contributed by atoms with E-state index in [9.17, 15) is 4.79 Å². The Labute approximate surface area is 143 Å². The molecule has 3 aromatic rings. The summed E-state index contributed by atoms with van der Waals surface area (Å²) in [6.45, 7) is 4.74. The summed E-state index contributed by atoms with van der Waals surface area (Å²) in [5, 5.41) is 10.1. The van der Waals surface area contributed by atoms with Crippen LogP contribution in [0.25, 0.3) is 11.0 Å². The second-order valence-corrected chi connectivity index (χ2v) is 6.79. The highest BCUT2D eigenvalue weighted by Gasteiger charge is 2.24. The van der Waals surface area contributed by atoms with E-state index in [-0.39, 0.29) is 5.91 Å². The third kappa shape index (κ3) is 2.80. The van der Waals surface area contributed by atoms with Crippen LogP contribution in [0.2, 0.25) is 0 Å². The van der Waals surface area contributed by atoms with E-state index in [1.54, 1.807) is 17.5 Å². The Morgan fingerprint density at radius 1 is 1.08 bits per heavy atom. The molecule has 0 bridgehead atoms. The van der Waals surface area contributed by atoms with E-state index in [1.807, 2.05) is 36.1 Å². The molecule has 1 fully saturated rings. The average molecular weight is 340 g/mol. The first-order chi connectivity index (χ1) is 11.7. The molecule has 0 spiro atoms. The fourth-order valence-corrected chi connectivity index (χ4v) is 3.48. The average Bonchev–Trinajstić information content (AvgIpc) is 3.07. The van der Waals surface area contributed by atoms with Gasteiger partial charge in [-0.25, -0.2) is 4.98 Å². The van der Waals surface area contributed by atoms with Gasteiger partial charge in [0.2, 0.25) is 5.13 Å². The molecule has 0 radical (unpaired) electrons. The number of hydrogen-bond donors (Lipinski definition) is 0. The van der Waals surface area contributed by atoms with E-state index >= 15 is 0 Å². The lowest BCUT2D eigenvalue weighted by Crippen LogP contribution is -2.49. The van der Waals surface area contributed by atoms with Crippen molar-refractivity contribution in [3.63, 3.8) is 0 Å². The number of rotatable bonds is 2. The molecule has 1 aliphatic rings. The SMILES string of the molecule is Cc1nnc(N2CCN(C(=O)c3cnc4ccccc4n3)CC2)s1. The van der Waals surface area contributed by atoms with Gasteiger partial charge < -0.3 is 9.80 Å². The molecule has 1 aromatic carbocycles. The Bertz CT molecular complexity index is 887. The highest BCUT2D eigenvalue weighted by Crippen LogP contribution is 2.21. The van der Waals surface area contributed by atoms with E-state index in [2.05, 4.69) is 25.1 Å². The molecule has 1 saturated heterocycles. The molecule has 0 aliphatic carbocycles. The quantitative estimate of drug-likeness (QED) is 0.707. The van der Waals surface area contributed by atoms with Gasteiger partial charge in [0, 0.05) is 26.2 Å². The minimum Gasteiger partial charge on any atom is -0.343 e. The highest BCUT2D eigenvalue weighted by atomic mass is 32.1. The number of carbonyl (C=O) groups excluding carboxylic acids is 1. The summed E-state index contributed by atoms with van der Waals surface area (Å²) in [5.74, 6) is -0.0682. The summed E-state index contributed by atoms with van der Waals surface area (Å²) >= 11 is 1.58. The second-order valence-electron chi connectivity index (χ2n) is 5.63. The fourth-order valence-electron chi connectivity index (χ4n) is 2.74. The summed E-state index contributed by atoms with van der Waals surface area (Å²) in [5.41, 5.74) is 1.94. The molecular formula is C16H16N6OS. The minimum atomic E-state index is -0.0682. The number of anilines is 1. The molecule has 1 aliphatic heterocycles. The lowest BCUT2D eigenvalue weighted by molar-refractivity contribution is 0.0741. The number of piperazine rings is 1. The molecule has 24 heavy (non-hydrogen) atoms. The van der Waals surface area contributed by atoms with Gasteiger partial charge >= 0.3 is 0 Å². The third-order valence-electron chi connectivity index (χ3n) is 4.02. The van der Waals surface area contributed by atoms with Crippen molar-refractivity contribution in [2.45, 2.75) is 6.92 Å². The van der Waals surface area contributed by atoms with E-state index in [0.717, 1.165) is 34.3 Å². The van der Waals surface area contributed by atoms with Crippen LogP contribution in [0.1, 0.15) is 15.5 Å². The van der Waals surface area contributed by atoms with Gasteiger partial charge in [-0.2, -0.15) is 0 Å². The summed E-state index contributed by atoms with van der Waals surface area (Å²) in [7, 11) is 0. The van der Waals surface area contributed by atoms with Crippen molar-refractivity contribution in [1.82, 2.24) is 25.1 Å². The number of nitrogens with zero attached hydrogens (tertiary/aromatic N) is 6. The van der Waals surface area contributed by atoms with Gasteiger partial charge in [-0.05, 0) is 19.1 Å². The van der Waals surface area contributed by atoms with Gasteiger partial charge in [-0.1, -0.05) is 23.5 Å². The minimum absolute atomic E-state index is 0.0682. The van der Waals surface area contributed by atoms with Gasteiger partial charge in [-0.3, -0.25) is 9.78 Å². The third-order valence-corrected chi connectivity index (χ3v) is 4.92. The number of benzene rings is 1. The van der Waals surface area contributed by atoms with Crippen molar-refractivity contribution in [3.8, 4) is 0 Å². The van der Waals surface area contributed by atoms with Crippen molar-refractivity contribution in [1.29, 1.82) is 0 Å². The Morgan fingerprint density at radius 2 is 1.83 bits per heavy atom. The van der Waals surface area contributed by atoms with Gasteiger partial charge in [0.15, 0.2) is 0 Å². The van der Waals surface area contributed by atoms with Gasteiger partial charge in [0.05, 0.1) is 17.2 Å². The van der Waals surface area contributed by atoms with Crippen LogP contribution in [-0.2, 0) is 0 Å². The molecule has 0 saturated carbocycles. The molecule has 2 aromatic heterocycles. The molecule has 1 amide bonds. The Kier molecular flexibility index (Phi) is 3.81. The topological polar surface area (TPSA) is 75.1 Å². The van der Waals surface area contributed by atoms with Gasteiger partial charge in [0.1, 0.15) is 10.7 Å².